The number of halogens is 3. The average molecular weight is 187 g/mol. The minimum atomic E-state index is -2.39. The van der Waals surface area contributed by atoms with Crippen molar-refractivity contribution in [2.45, 2.75) is 12.3 Å². The molecule has 1 unspecified atom stereocenters. The molecule has 0 amide bonds. The van der Waals surface area contributed by atoms with E-state index < -0.39 is 18.2 Å². The van der Waals surface area contributed by atoms with Crippen molar-refractivity contribution < 1.29 is 13.2 Å². The fraction of sp³-hybridized carbons (Fsp3) is 0.333. The van der Waals surface area contributed by atoms with Crippen molar-refractivity contribution in [3.8, 4) is 0 Å². The van der Waals surface area contributed by atoms with Crippen LogP contribution in [0.2, 0.25) is 0 Å². The van der Waals surface area contributed by atoms with Gasteiger partial charge in [0.05, 0.1) is 5.92 Å². The third kappa shape index (κ3) is 1.36. The van der Waals surface area contributed by atoms with Crippen molar-refractivity contribution in [3.05, 3.63) is 29.6 Å². The van der Waals surface area contributed by atoms with E-state index in [9.17, 15) is 13.2 Å². The number of rotatable bonds is 1. The molecule has 1 heterocycles. The Balaban J connectivity index is 2.38. The van der Waals surface area contributed by atoms with E-state index in [0.717, 1.165) is 0 Å². The summed E-state index contributed by atoms with van der Waals surface area (Å²) >= 11 is 0. The highest BCUT2D eigenvalue weighted by atomic mass is 19.3. The summed E-state index contributed by atoms with van der Waals surface area (Å²) < 4.78 is 37.4. The number of hydrogen-bond donors (Lipinski definition) is 1. The maximum Gasteiger partial charge on any atom is 0.247 e. The molecule has 0 aromatic heterocycles. The van der Waals surface area contributed by atoms with Crippen LogP contribution in [0.1, 0.15) is 11.5 Å². The van der Waals surface area contributed by atoms with Crippen LogP contribution in [0, 0.1) is 5.82 Å². The van der Waals surface area contributed by atoms with Gasteiger partial charge in [-0.15, -0.1) is 0 Å². The molecule has 0 spiro atoms. The summed E-state index contributed by atoms with van der Waals surface area (Å²) in [5.74, 6) is -1.20. The normalized spacial score (nSPS) is 20.2. The Morgan fingerprint density at radius 1 is 1.38 bits per heavy atom. The molecule has 13 heavy (non-hydrogen) atoms. The molecular formula is C9H8F3N. The number of alkyl halides is 2. The van der Waals surface area contributed by atoms with E-state index in [1.165, 1.54) is 18.2 Å². The Bertz CT molecular complexity index is 325. The van der Waals surface area contributed by atoms with Gasteiger partial charge in [0.25, 0.3) is 0 Å². The van der Waals surface area contributed by atoms with Gasteiger partial charge >= 0.3 is 0 Å². The quantitative estimate of drug-likeness (QED) is 0.712. The van der Waals surface area contributed by atoms with E-state index in [2.05, 4.69) is 5.32 Å². The first-order valence-electron chi connectivity index (χ1n) is 4.00. The smallest absolute Gasteiger partial charge is 0.247 e. The Morgan fingerprint density at radius 2 is 2.15 bits per heavy atom. The van der Waals surface area contributed by atoms with E-state index >= 15 is 0 Å². The topological polar surface area (TPSA) is 12.0 Å². The summed E-state index contributed by atoms with van der Waals surface area (Å²) in [5, 5.41) is 2.75. The van der Waals surface area contributed by atoms with Gasteiger partial charge in [0, 0.05) is 12.2 Å². The van der Waals surface area contributed by atoms with Crippen LogP contribution in [0.15, 0.2) is 18.2 Å². The monoisotopic (exact) mass is 187 g/mol. The number of hydrogen-bond acceptors (Lipinski definition) is 1. The van der Waals surface area contributed by atoms with E-state index in [1.807, 2.05) is 0 Å². The zero-order valence-corrected chi connectivity index (χ0v) is 6.73. The van der Waals surface area contributed by atoms with Crippen molar-refractivity contribution in [1.29, 1.82) is 0 Å². The molecule has 1 atom stereocenters. The molecule has 0 fully saturated rings. The van der Waals surface area contributed by atoms with Crippen molar-refractivity contribution in [1.82, 2.24) is 0 Å². The second-order valence-electron chi connectivity index (χ2n) is 3.05. The van der Waals surface area contributed by atoms with Crippen molar-refractivity contribution in [2.75, 3.05) is 11.9 Å². The van der Waals surface area contributed by atoms with E-state index in [4.69, 9.17) is 0 Å². The lowest BCUT2D eigenvalue weighted by molar-refractivity contribution is 0.121. The van der Waals surface area contributed by atoms with Crippen molar-refractivity contribution in [2.24, 2.45) is 0 Å². The van der Waals surface area contributed by atoms with Gasteiger partial charge in [-0.05, 0) is 17.7 Å². The molecule has 70 valence electrons. The molecule has 0 radical (unpaired) electrons. The third-order valence-electron chi connectivity index (χ3n) is 2.23. The number of benzene rings is 1. The molecule has 2 rings (SSSR count). The Kier molecular flexibility index (Phi) is 1.90. The molecule has 1 aromatic rings. The predicted octanol–water partition coefficient (Wildman–Crippen LogP) is 2.60. The molecule has 0 bridgehead atoms. The Hall–Kier alpha value is -1.19. The minimum Gasteiger partial charge on any atom is -0.384 e. The van der Waals surface area contributed by atoms with Crippen molar-refractivity contribution >= 4 is 5.69 Å². The van der Waals surface area contributed by atoms with Crippen LogP contribution in [-0.4, -0.2) is 13.0 Å². The van der Waals surface area contributed by atoms with Crippen LogP contribution in [0.25, 0.3) is 0 Å². The first-order chi connectivity index (χ1) is 6.18. The lowest BCUT2D eigenvalue weighted by Crippen LogP contribution is -2.10. The summed E-state index contributed by atoms with van der Waals surface area (Å²) in [6.07, 6.45) is -2.39. The highest BCUT2D eigenvalue weighted by molar-refractivity contribution is 5.58. The van der Waals surface area contributed by atoms with E-state index in [0.29, 0.717) is 11.3 Å². The molecule has 1 N–H and O–H groups in total. The van der Waals surface area contributed by atoms with Gasteiger partial charge in [0.1, 0.15) is 5.82 Å². The SMILES string of the molecule is Fc1ccc2c(c1)NCC2C(F)F. The van der Waals surface area contributed by atoms with Gasteiger partial charge in [-0.2, -0.15) is 0 Å². The fourth-order valence-electron chi connectivity index (χ4n) is 1.56. The molecule has 0 aliphatic carbocycles. The lowest BCUT2D eigenvalue weighted by atomic mass is 10.0. The van der Waals surface area contributed by atoms with Gasteiger partial charge < -0.3 is 5.32 Å². The third-order valence-corrected chi connectivity index (χ3v) is 2.23. The van der Waals surface area contributed by atoms with Gasteiger partial charge in [0.2, 0.25) is 6.43 Å². The summed E-state index contributed by atoms with van der Waals surface area (Å²) in [5.41, 5.74) is 1.00. The fourth-order valence-corrected chi connectivity index (χ4v) is 1.56. The number of fused-ring (bicyclic) bond motifs is 1. The molecule has 1 aliphatic rings. The maximum atomic E-state index is 12.7. The Morgan fingerprint density at radius 3 is 2.85 bits per heavy atom. The molecular weight excluding hydrogens is 179 g/mol. The van der Waals surface area contributed by atoms with Gasteiger partial charge in [-0.3, -0.25) is 0 Å². The summed E-state index contributed by atoms with van der Waals surface area (Å²) in [4.78, 5) is 0. The second kappa shape index (κ2) is 2.94. The molecule has 1 aromatic carbocycles. The van der Waals surface area contributed by atoms with Crippen molar-refractivity contribution in [3.63, 3.8) is 0 Å². The van der Waals surface area contributed by atoms with Crippen LogP contribution < -0.4 is 5.32 Å². The first-order valence-corrected chi connectivity index (χ1v) is 4.00. The zero-order chi connectivity index (χ0) is 9.42. The van der Waals surface area contributed by atoms with Crippen LogP contribution in [0.4, 0.5) is 18.9 Å². The van der Waals surface area contributed by atoms with E-state index in [-0.39, 0.29) is 6.54 Å². The molecule has 4 heteroatoms. The van der Waals surface area contributed by atoms with E-state index in [1.54, 1.807) is 0 Å². The van der Waals surface area contributed by atoms with Crippen LogP contribution >= 0.6 is 0 Å². The highest BCUT2D eigenvalue weighted by Gasteiger charge is 2.29. The van der Waals surface area contributed by atoms with Crippen LogP contribution in [0.5, 0.6) is 0 Å². The minimum absolute atomic E-state index is 0.191. The summed E-state index contributed by atoms with van der Waals surface area (Å²) in [6, 6.07) is 3.88. The maximum absolute atomic E-state index is 12.7. The standard InChI is InChI=1S/C9H8F3N/c10-5-1-2-6-7(9(11)12)4-13-8(6)3-5/h1-3,7,9,13H,4H2. The van der Waals surface area contributed by atoms with Gasteiger partial charge in [-0.25, -0.2) is 13.2 Å². The predicted molar refractivity (Wildman–Crippen MR) is 43.6 cm³/mol. The first kappa shape index (κ1) is 8.41. The lowest BCUT2D eigenvalue weighted by Gasteiger charge is -2.07. The highest BCUT2D eigenvalue weighted by Crippen LogP contribution is 2.35. The Labute approximate surface area is 73.6 Å². The molecule has 1 aliphatic heterocycles. The summed E-state index contributed by atoms with van der Waals surface area (Å²) in [6.45, 7) is 0.191. The van der Waals surface area contributed by atoms with Crippen LogP contribution in [-0.2, 0) is 0 Å². The molecule has 1 nitrogen and oxygen atoms in total. The number of anilines is 1. The van der Waals surface area contributed by atoms with Gasteiger partial charge in [0.15, 0.2) is 0 Å². The largest absolute Gasteiger partial charge is 0.384 e. The zero-order valence-electron chi connectivity index (χ0n) is 6.73. The molecule has 0 saturated heterocycles. The summed E-state index contributed by atoms with van der Waals surface area (Å²) in [7, 11) is 0. The van der Waals surface area contributed by atoms with Gasteiger partial charge in [-0.1, -0.05) is 6.07 Å². The van der Waals surface area contributed by atoms with Crippen LogP contribution in [0.3, 0.4) is 0 Å². The number of nitrogens with one attached hydrogen (secondary N) is 1. The second-order valence-corrected chi connectivity index (χ2v) is 3.05. The molecule has 0 saturated carbocycles. The average Bonchev–Trinajstić information content (AvgIpc) is 2.46.